The number of hydrazone groups is 1. The first kappa shape index (κ1) is 27.0. The standard InChI is InChI=1S/C27H27Cl2N3O4/c1-17(2)25(31-26(33)20-8-13-23(28)24(29)14-20)27(34)32-30-15-18-4-11-22(12-5-18)36-16-19-6-9-21(35-3)10-7-19/h4-15,17,25H,16H2,1-3H3,(H,31,33)(H,32,34)/b30-15-. The van der Waals surface area contributed by atoms with Crippen LogP contribution in [-0.4, -0.2) is 31.2 Å². The molecule has 7 nitrogen and oxygen atoms in total. The van der Waals surface area contributed by atoms with Gasteiger partial charge >= 0.3 is 0 Å². The van der Waals surface area contributed by atoms with Crippen LogP contribution >= 0.6 is 23.2 Å². The Morgan fingerprint density at radius 3 is 2.22 bits per heavy atom. The number of nitrogens with one attached hydrogen (secondary N) is 2. The van der Waals surface area contributed by atoms with Crippen molar-refractivity contribution >= 4 is 41.2 Å². The molecule has 0 saturated heterocycles. The molecule has 2 amide bonds. The predicted molar refractivity (Wildman–Crippen MR) is 142 cm³/mol. The van der Waals surface area contributed by atoms with E-state index in [1.54, 1.807) is 13.2 Å². The molecular weight excluding hydrogens is 501 g/mol. The maximum absolute atomic E-state index is 12.7. The van der Waals surface area contributed by atoms with Crippen LogP contribution in [0.3, 0.4) is 0 Å². The SMILES string of the molecule is COc1ccc(COc2ccc(/C=N\NC(=O)C(NC(=O)c3ccc(Cl)c(Cl)c3)C(C)C)cc2)cc1. The molecule has 0 saturated carbocycles. The van der Waals surface area contributed by atoms with Crippen molar-refractivity contribution in [2.45, 2.75) is 26.5 Å². The molecule has 3 rings (SSSR count). The predicted octanol–water partition coefficient (Wildman–Crippen LogP) is 5.49. The van der Waals surface area contributed by atoms with Crippen molar-refractivity contribution in [2.75, 3.05) is 7.11 Å². The van der Waals surface area contributed by atoms with E-state index in [0.717, 1.165) is 16.9 Å². The summed E-state index contributed by atoms with van der Waals surface area (Å²) in [6.07, 6.45) is 1.52. The van der Waals surface area contributed by atoms with Crippen LogP contribution in [0.4, 0.5) is 0 Å². The van der Waals surface area contributed by atoms with Gasteiger partial charge in [-0.05, 0) is 71.6 Å². The molecule has 0 aliphatic heterocycles. The summed E-state index contributed by atoms with van der Waals surface area (Å²) >= 11 is 11.9. The van der Waals surface area contributed by atoms with Crippen LogP contribution in [0.2, 0.25) is 10.0 Å². The Morgan fingerprint density at radius 2 is 1.61 bits per heavy atom. The van der Waals surface area contributed by atoms with E-state index in [9.17, 15) is 9.59 Å². The van der Waals surface area contributed by atoms with Gasteiger partial charge in [0.05, 0.1) is 23.4 Å². The van der Waals surface area contributed by atoms with E-state index in [2.05, 4.69) is 15.8 Å². The summed E-state index contributed by atoms with van der Waals surface area (Å²) in [6.45, 7) is 4.08. The number of benzene rings is 3. The topological polar surface area (TPSA) is 89.0 Å². The smallest absolute Gasteiger partial charge is 0.262 e. The lowest BCUT2D eigenvalue weighted by molar-refractivity contribution is -0.123. The third kappa shape index (κ3) is 7.73. The molecule has 0 bridgehead atoms. The van der Waals surface area contributed by atoms with Crippen LogP contribution in [0.1, 0.15) is 35.3 Å². The molecule has 3 aromatic rings. The Kier molecular flexibility index (Phi) is 9.73. The highest BCUT2D eigenvalue weighted by Gasteiger charge is 2.24. The number of ether oxygens (including phenoxy) is 2. The minimum absolute atomic E-state index is 0.172. The maximum atomic E-state index is 12.7. The number of carbonyl (C=O) groups is 2. The molecule has 0 heterocycles. The summed E-state index contributed by atoms with van der Waals surface area (Å²) in [7, 11) is 1.63. The van der Waals surface area contributed by atoms with E-state index in [0.29, 0.717) is 22.9 Å². The molecule has 0 fully saturated rings. The molecule has 9 heteroatoms. The van der Waals surface area contributed by atoms with Crippen molar-refractivity contribution in [1.82, 2.24) is 10.7 Å². The number of nitrogens with zero attached hydrogens (tertiary/aromatic N) is 1. The van der Waals surface area contributed by atoms with Crippen molar-refractivity contribution in [3.05, 3.63) is 93.5 Å². The minimum Gasteiger partial charge on any atom is -0.497 e. The average molecular weight is 528 g/mol. The van der Waals surface area contributed by atoms with Gasteiger partial charge in [-0.3, -0.25) is 9.59 Å². The lowest BCUT2D eigenvalue weighted by Gasteiger charge is -2.20. The van der Waals surface area contributed by atoms with Gasteiger partial charge in [0.1, 0.15) is 24.1 Å². The third-order valence-electron chi connectivity index (χ3n) is 5.25. The molecule has 0 aliphatic carbocycles. The Morgan fingerprint density at radius 1 is 0.944 bits per heavy atom. The fourth-order valence-electron chi connectivity index (χ4n) is 3.18. The first-order valence-corrected chi connectivity index (χ1v) is 12.0. The first-order chi connectivity index (χ1) is 17.3. The molecule has 2 N–H and O–H groups in total. The molecule has 0 aromatic heterocycles. The summed E-state index contributed by atoms with van der Waals surface area (Å²) in [5, 5.41) is 7.35. The van der Waals surface area contributed by atoms with E-state index in [4.69, 9.17) is 32.7 Å². The molecule has 36 heavy (non-hydrogen) atoms. The molecule has 0 radical (unpaired) electrons. The number of carbonyl (C=O) groups excluding carboxylic acids is 2. The van der Waals surface area contributed by atoms with Crippen LogP contribution in [0.5, 0.6) is 11.5 Å². The van der Waals surface area contributed by atoms with Crippen molar-refractivity contribution < 1.29 is 19.1 Å². The van der Waals surface area contributed by atoms with E-state index in [1.165, 1.54) is 18.3 Å². The largest absolute Gasteiger partial charge is 0.497 e. The van der Waals surface area contributed by atoms with Gasteiger partial charge in [-0.2, -0.15) is 5.10 Å². The Balaban J connectivity index is 1.52. The fraction of sp³-hybridized carbons (Fsp3) is 0.222. The lowest BCUT2D eigenvalue weighted by Crippen LogP contribution is -2.48. The fourth-order valence-corrected chi connectivity index (χ4v) is 3.47. The van der Waals surface area contributed by atoms with Crippen LogP contribution in [0.25, 0.3) is 0 Å². The Hall–Kier alpha value is -3.55. The second-order valence-electron chi connectivity index (χ2n) is 8.26. The molecule has 0 spiro atoms. The van der Waals surface area contributed by atoms with E-state index < -0.39 is 17.9 Å². The average Bonchev–Trinajstić information content (AvgIpc) is 2.88. The van der Waals surface area contributed by atoms with Gasteiger partial charge in [0, 0.05) is 5.56 Å². The number of methoxy groups -OCH3 is 1. The highest BCUT2D eigenvalue weighted by Crippen LogP contribution is 2.22. The third-order valence-corrected chi connectivity index (χ3v) is 5.99. The molecular formula is C27H27Cl2N3O4. The maximum Gasteiger partial charge on any atom is 0.262 e. The van der Waals surface area contributed by atoms with E-state index in [1.807, 2.05) is 62.4 Å². The second-order valence-corrected chi connectivity index (χ2v) is 9.08. The lowest BCUT2D eigenvalue weighted by atomic mass is 10.0. The second kappa shape index (κ2) is 13.0. The van der Waals surface area contributed by atoms with Crippen LogP contribution < -0.4 is 20.2 Å². The molecule has 0 aliphatic rings. The number of hydrogen-bond donors (Lipinski definition) is 2. The van der Waals surface area contributed by atoms with Gasteiger partial charge in [0.2, 0.25) is 0 Å². The van der Waals surface area contributed by atoms with Gasteiger partial charge < -0.3 is 14.8 Å². The summed E-state index contributed by atoms with van der Waals surface area (Å²) < 4.78 is 11.0. The normalized spacial score (nSPS) is 11.8. The van der Waals surface area contributed by atoms with Crippen molar-refractivity contribution in [2.24, 2.45) is 11.0 Å². The number of rotatable bonds is 10. The van der Waals surface area contributed by atoms with Crippen LogP contribution in [0.15, 0.2) is 71.8 Å². The van der Waals surface area contributed by atoms with E-state index >= 15 is 0 Å². The summed E-state index contributed by atoms with van der Waals surface area (Å²) in [5.41, 5.74) is 4.59. The molecule has 1 unspecified atom stereocenters. The summed E-state index contributed by atoms with van der Waals surface area (Å²) in [5.74, 6) is 0.458. The molecule has 188 valence electrons. The monoisotopic (exact) mass is 527 g/mol. The highest BCUT2D eigenvalue weighted by molar-refractivity contribution is 6.42. The summed E-state index contributed by atoms with van der Waals surface area (Å²) in [4.78, 5) is 25.2. The zero-order valence-corrected chi connectivity index (χ0v) is 21.6. The number of halogens is 2. The van der Waals surface area contributed by atoms with E-state index in [-0.39, 0.29) is 10.9 Å². The van der Waals surface area contributed by atoms with Gasteiger partial charge in [-0.1, -0.05) is 49.2 Å². The highest BCUT2D eigenvalue weighted by atomic mass is 35.5. The molecule has 1 atom stereocenters. The van der Waals surface area contributed by atoms with Gasteiger partial charge in [0.25, 0.3) is 11.8 Å². The van der Waals surface area contributed by atoms with Gasteiger partial charge in [-0.15, -0.1) is 0 Å². The summed E-state index contributed by atoms with van der Waals surface area (Å²) in [6, 6.07) is 18.7. The van der Waals surface area contributed by atoms with Crippen LogP contribution in [-0.2, 0) is 11.4 Å². The van der Waals surface area contributed by atoms with Crippen LogP contribution in [0, 0.1) is 5.92 Å². The first-order valence-electron chi connectivity index (χ1n) is 11.2. The Bertz CT molecular complexity index is 1210. The minimum atomic E-state index is -0.794. The van der Waals surface area contributed by atoms with Crippen molar-refractivity contribution in [3.8, 4) is 11.5 Å². The number of hydrogen-bond acceptors (Lipinski definition) is 5. The van der Waals surface area contributed by atoms with Crippen molar-refractivity contribution in [1.29, 1.82) is 0 Å². The van der Waals surface area contributed by atoms with Gasteiger partial charge in [-0.25, -0.2) is 5.43 Å². The zero-order valence-electron chi connectivity index (χ0n) is 20.1. The zero-order chi connectivity index (χ0) is 26.1. The number of amides is 2. The van der Waals surface area contributed by atoms with Crippen molar-refractivity contribution in [3.63, 3.8) is 0 Å². The quantitative estimate of drug-likeness (QED) is 0.269. The molecule has 3 aromatic carbocycles. The van der Waals surface area contributed by atoms with Gasteiger partial charge in [0.15, 0.2) is 0 Å². The Labute approximate surface area is 220 Å².